The fraction of sp³-hybridized carbons (Fsp3) is 0.235. The molecule has 0 saturated carbocycles. The maximum absolute atomic E-state index is 13.6. The summed E-state index contributed by atoms with van der Waals surface area (Å²) < 4.78 is 13.6. The van der Waals surface area contributed by atoms with Crippen molar-refractivity contribution in [2.24, 2.45) is 0 Å². The highest BCUT2D eigenvalue weighted by atomic mass is 19.1. The Bertz CT molecular complexity index is 768. The van der Waals surface area contributed by atoms with Crippen LogP contribution in [0.4, 0.5) is 15.8 Å². The standard InChI is InChI=1S/C17H18FN3O4/c18-12-9-13(16(19)15(10-12)21(24)25)17(23)20-14(7-4-8-22)11-5-2-1-3-6-11/h1-3,5-6,9-10,14,22H,4,7-8,19H2,(H,20,23). The van der Waals surface area contributed by atoms with Crippen LogP contribution in [0.2, 0.25) is 0 Å². The minimum Gasteiger partial charge on any atom is -0.396 e. The van der Waals surface area contributed by atoms with E-state index in [9.17, 15) is 19.3 Å². The van der Waals surface area contributed by atoms with Gasteiger partial charge < -0.3 is 16.2 Å². The average molecular weight is 347 g/mol. The molecule has 0 aromatic heterocycles. The van der Waals surface area contributed by atoms with Gasteiger partial charge in [-0.05, 0) is 24.5 Å². The maximum atomic E-state index is 13.6. The van der Waals surface area contributed by atoms with E-state index >= 15 is 0 Å². The molecule has 0 aliphatic carbocycles. The number of nitrogens with zero attached hydrogens (tertiary/aromatic N) is 1. The van der Waals surface area contributed by atoms with Crippen LogP contribution in [0.1, 0.15) is 34.8 Å². The molecular weight excluding hydrogens is 329 g/mol. The Morgan fingerprint density at radius 1 is 1.32 bits per heavy atom. The Labute approximate surface area is 143 Å². The normalized spacial score (nSPS) is 11.8. The third-order valence-corrected chi connectivity index (χ3v) is 3.72. The molecule has 0 aliphatic heterocycles. The predicted octanol–water partition coefficient (Wildman–Crippen LogP) is 2.56. The van der Waals surface area contributed by atoms with E-state index in [1.54, 1.807) is 24.3 Å². The molecule has 0 heterocycles. The molecule has 2 aromatic carbocycles. The van der Waals surface area contributed by atoms with Gasteiger partial charge in [-0.25, -0.2) is 4.39 Å². The number of hydrogen-bond donors (Lipinski definition) is 3. The summed E-state index contributed by atoms with van der Waals surface area (Å²) in [5.41, 5.74) is 5.12. The van der Waals surface area contributed by atoms with Gasteiger partial charge in [-0.1, -0.05) is 30.3 Å². The fourth-order valence-electron chi connectivity index (χ4n) is 2.48. The van der Waals surface area contributed by atoms with E-state index in [1.165, 1.54) is 0 Å². The third-order valence-electron chi connectivity index (χ3n) is 3.72. The van der Waals surface area contributed by atoms with Crippen molar-refractivity contribution in [2.45, 2.75) is 18.9 Å². The van der Waals surface area contributed by atoms with Crippen LogP contribution in [0.25, 0.3) is 0 Å². The largest absolute Gasteiger partial charge is 0.396 e. The molecule has 25 heavy (non-hydrogen) atoms. The number of aliphatic hydroxyl groups excluding tert-OH is 1. The zero-order valence-corrected chi connectivity index (χ0v) is 13.3. The predicted molar refractivity (Wildman–Crippen MR) is 90.4 cm³/mol. The Kier molecular flexibility index (Phi) is 6.02. The van der Waals surface area contributed by atoms with Gasteiger partial charge in [0.15, 0.2) is 0 Å². The van der Waals surface area contributed by atoms with Gasteiger partial charge in [-0.2, -0.15) is 0 Å². The van der Waals surface area contributed by atoms with E-state index < -0.39 is 34.1 Å². The molecule has 7 nitrogen and oxygen atoms in total. The lowest BCUT2D eigenvalue weighted by Gasteiger charge is -2.19. The SMILES string of the molecule is Nc1c(C(=O)NC(CCCO)c2ccccc2)cc(F)cc1[N+](=O)[O-]. The van der Waals surface area contributed by atoms with Gasteiger partial charge in [0.1, 0.15) is 11.5 Å². The van der Waals surface area contributed by atoms with Gasteiger partial charge in [-0.3, -0.25) is 14.9 Å². The third kappa shape index (κ3) is 4.51. The maximum Gasteiger partial charge on any atom is 0.295 e. The Morgan fingerprint density at radius 3 is 2.60 bits per heavy atom. The van der Waals surface area contributed by atoms with Crippen molar-refractivity contribution in [3.63, 3.8) is 0 Å². The van der Waals surface area contributed by atoms with Crippen molar-refractivity contribution in [1.82, 2.24) is 5.32 Å². The molecule has 0 aliphatic rings. The van der Waals surface area contributed by atoms with Gasteiger partial charge in [0.25, 0.3) is 11.6 Å². The molecule has 1 amide bonds. The van der Waals surface area contributed by atoms with Gasteiger partial charge >= 0.3 is 0 Å². The summed E-state index contributed by atoms with van der Waals surface area (Å²) in [6, 6.07) is 10.1. The number of nitrogens with one attached hydrogen (secondary N) is 1. The summed E-state index contributed by atoms with van der Waals surface area (Å²) in [4.78, 5) is 22.6. The van der Waals surface area contributed by atoms with Crippen molar-refractivity contribution in [1.29, 1.82) is 0 Å². The zero-order valence-electron chi connectivity index (χ0n) is 13.3. The summed E-state index contributed by atoms with van der Waals surface area (Å²) in [5, 5.41) is 22.7. The van der Waals surface area contributed by atoms with E-state index in [4.69, 9.17) is 10.8 Å². The summed E-state index contributed by atoms with van der Waals surface area (Å²) in [6.45, 7) is -0.0488. The molecule has 1 atom stereocenters. The van der Waals surface area contributed by atoms with Crippen molar-refractivity contribution in [3.05, 3.63) is 69.5 Å². The number of nitro benzene ring substituents is 1. The number of carbonyl (C=O) groups is 1. The van der Waals surface area contributed by atoms with Crippen LogP contribution in [-0.2, 0) is 0 Å². The number of nitro groups is 1. The van der Waals surface area contributed by atoms with Gasteiger partial charge in [0, 0.05) is 6.61 Å². The summed E-state index contributed by atoms with van der Waals surface area (Å²) >= 11 is 0. The highest BCUT2D eigenvalue weighted by molar-refractivity contribution is 6.01. The molecule has 0 fully saturated rings. The highest BCUT2D eigenvalue weighted by Crippen LogP contribution is 2.28. The van der Waals surface area contributed by atoms with Crippen LogP contribution < -0.4 is 11.1 Å². The van der Waals surface area contributed by atoms with Crippen molar-refractivity contribution >= 4 is 17.3 Å². The quantitative estimate of drug-likeness (QED) is 0.404. The molecule has 2 aromatic rings. The number of carbonyl (C=O) groups excluding carboxylic acids is 1. The van der Waals surface area contributed by atoms with Gasteiger partial charge in [0.05, 0.1) is 22.6 Å². The molecule has 2 rings (SSSR count). The molecule has 1 unspecified atom stereocenters. The Balaban J connectivity index is 2.31. The first-order valence-electron chi connectivity index (χ1n) is 7.64. The average Bonchev–Trinajstić information content (AvgIpc) is 2.60. The molecule has 0 saturated heterocycles. The number of benzene rings is 2. The number of hydrogen-bond acceptors (Lipinski definition) is 5. The molecule has 0 radical (unpaired) electrons. The van der Waals surface area contributed by atoms with Crippen LogP contribution in [0.5, 0.6) is 0 Å². The monoisotopic (exact) mass is 347 g/mol. The smallest absolute Gasteiger partial charge is 0.295 e. The first kappa shape index (κ1) is 18.3. The lowest BCUT2D eigenvalue weighted by molar-refractivity contribution is -0.384. The van der Waals surface area contributed by atoms with E-state index in [2.05, 4.69) is 5.32 Å². The van der Waals surface area contributed by atoms with Crippen LogP contribution in [0.15, 0.2) is 42.5 Å². The Hall–Kier alpha value is -3.00. The van der Waals surface area contributed by atoms with Crippen LogP contribution in [-0.4, -0.2) is 22.5 Å². The van der Waals surface area contributed by atoms with Crippen molar-refractivity contribution in [2.75, 3.05) is 12.3 Å². The Morgan fingerprint density at radius 2 is 2.00 bits per heavy atom. The number of anilines is 1. The highest BCUT2D eigenvalue weighted by Gasteiger charge is 2.23. The van der Waals surface area contributed by atoms with Crippen molar-refractivity contribution < 1.29 is 19.2 Å². The number of nitrogen functional groups attached to an aromatic ring is 1. The molecule has 4 N–H and O–H groups in total. The van der Waals surface area contributed by atoms with E-state index in [0.717, 1.165) is 11.6 Å². The molecule has 8 heteroatoms. The first-order valence-corrected chi connectivity index (χ1v) is 7.64. The van der Waals surface area contributed by atoms with Crippen molar-refractivity contribution in [3.8, 4) is 0 Å². The zero-order chi connectivity index (χ0) is 18.4. The fourth-order valence-corrected chi connectivity index (χ4v) is 2.48. The number of halogens is 1. The summed E-state index contributed by atoms with van der Waals surface area (Å²) in [7, 11) is 0. The van der Waals surface area contributed by atoms with Gasteiger partial charge in [-0.15, -0.1) is 0 Å². The second-order valence-corrected chi connectivity index (χ2v) is 5.45. The molecule has 0 bridgehead atoms. The van der Waals surface area contributed by atoms with Crippen LogP contribution in [0.3, 0.4) is 0 Å². The number of nitrogens with two attached hydrogens (primary N) is 1. The minimum absolute atomic E-state index is 0.0488. The molecule has 132 valence electrons. The number of aliphatic hydroxyl groups is 1. The lowest BCUT2D eigenvalue weighted by atomic mass is 10.0. The minimum atomic E-state index is -0.919. The second kappa shape index (κ2) is 8.20. The molecule has 0 spiro atoms. The second-order valence-electron chi connectivity index (χ2n) is 5.45. The summed E-state index contributed by atoms with van der Waals surface area (Å²) in [6.07, 6.45) is 0.891. The van der Waals surface area contributed by atoms with Crippen LogP contribution in [0, 0.1) is 15.9 Å². The van der Waals surface area contributed by atoms with Crippen LogP contribution >= 0.6 is 0 Å². The topological polar surface area (TPSA) is 118 Å². The summed E-state index contributed by atoms with van der Waals surface area (Å²) in [5.74, 6) is -1.63. The number of rotatable bonds is 7. The lowest BCUT2D eigenvalue weighted by Crippen LogP contribution is -2.29. The van der Waals surface area contributed by atoms with E-state index in [-0.39, 0.29) is 12.2 Å². The van der Waals surface area contributed by atoms with E-state index in [0.29, 0.717) is 18.9 Å². The number of amides is 1. The van der Waals surface area contributed by atoms with E-state index in [1.807, 2.05) is 6.07 Å². The first-order chi connectivity index (χ1) is 11.9. The van der Waals surface area contributed by atoms with Gasteiger partial charge in [0.2, 0.25) is 0 Å². The molecular formula is C17H18FN3O4.